The van der Waals surface area contributed by atoms with Crippen molar-refractivity contribution in [1.29, 1.82) is 0 Å². The van der Waals surface area contributed by atoms with Gasteiger partial charge in [0.1, 0.15) is 0 Å². The van der Waals surface area contributed by atoms with Crippen molar-refractivity contribution in [3.63, 3.8) is 0 Å². The van der Waals surface area contributed by atoms with E-state index in [0.29, 0.717) is 12.1 Å². The molecule has 0 aliphatic carbocycles. The summed E-state index contributed by atoms with van der Waals surface area (Å²) in [5.74, 6) is 0. The maximum atomic E-state index is 6.11. The first-order chi connectivity index (χ1) is 8.52. The quantitative estimate of drug-likeness (QED) is 0.882. The van der Waals surface area contributed by atoms with Crippen molar-refractivity contribution in [2.45, 2.75) is 39.3 Å². The summed E-state index contributed by atoms with van der Waals surface area (Å²) in [5.41, 5.74) is 2.62. The monoisotopic (exact) mass is 264 g/mol. The van der Waals surface area contributed by atoms with Crippen LogP contribution in [-0.2, 0) is 6.42 Å². The summed E-state index contributed by atoms with van der Waals surface area (Å²) in [7, 11) is 2.00. The number of aromatic nitrogens is 1. The number of likely N-dealkylation sites (N-methyl/N-ethyl adjacent to an activating group) is 1. The van der Waals surface area contributed by atoms with Crippen molar-refractivity contribution in [1.82, 2.24) is 9.88 Å². The van der Waals surface area contributed by atoms with E-state index in [-0.39, 0.29) is 0 Å². The molecule has 1 aromatic heterocycles. The van der Waals surface area contributed by atoms with Crippen LogP contribution in [0.2, 0.25) is 5.02 Å². The highest BCUT2D eigenvalue weighted by atomic mass is 35.5. The molecule has 2 nitrogen and oxygen atoms in total. The summed E-state index contributed by atoms with van der Waals surface area (Å²) in [4.78, 5) is 0. The van der Waals surface area contributed by atoms with Crippen molar-refractivity contribution in [2.75, 3.05) is 7.05 Å². The lowest BCUT2D eigenvalue weighted by atomic mass is 10.1. The highest BCUT2D eigenvalue weighted by Crippen LogP contribution is 2.28. The number of fused-ring (bicyclic) bond motifs is 1. The predicted molar refractivity (Wildman–Crippen MR) is 79.6 cm³/mol. The second kappa shape index (κ2) is 5.33. The first-order valence-electron chi connectivity index (χ1n) is 6.49. The Morgan fingerprint density at radius 3 is 2.61 bits per heavy atom. The van der Waals surface area contributed by atoms with Gasteiger partial charge >= 0.3 is 0 Å². The smallest absolute Gasteiger partial charge is 0.0500 e. The summed E-state index contributed by atoms with van der Waals surface area (Å²) in [6, 6.07) is 7.09. The zero-order chi connectivity index (χ0) is 13.3. The second-order valence-electron chi connectivity index (χ2n) is 5.21. The molecule has 2 aromatic rings. The fourth-order valence-electron chi connectivity index (χ4n) is 2.32. The van der Waals surface area contributed by atoms with E-state index in [2.05, 4.69) is 49.0 Å². The van der Waals surface area contributed by atoms with Crippen LogP contribution in [0.4, 0.5) is 0 Å². The molecule has 0 saturated carbocycles. The molecule has 0 aliphatic rings. The van der Waals surface area contributed by atoms with Gasteiger partial charge in [0.2, 0.25) is 0 Å². The van der Waals surface area contributed by atoms with Gasteiger partial charge in [-0.1, -0.05) is 17.7 Å². The van der Waals surface area contributed by atoms with Gasteiger partial charge in [0, 0.05) is 28.7 Å². The molecule has 18 heavy (non-hydrogen) atoms. The largest absolute Gasteiger partial charge is 0.345 e. The zero-order valence-electron chi connectivity index (χ0n) is 11.5. The van der Waals surface area contributed by atoms with E-state index in [1.54, 1.807) is 0 Å². The standard InChI is InChI=1S/C15H21ClN2/c1-10(2)18-9-12(7-11(3)17-4)14-6-5-13(16)8-15(14)18/h5-6,8-11,17H,7H2,1-4H3. The van der Waals surface area contributed by atoms with Crippen molar-refractivity contribution < 1.29 is 0 Å². The van der Waals surface area contributed by atoms with Crippen LogP contribution in [0.1, 0.15) is 32.4 Å². The molecule has 0 aliphatic heterocycles. The molecule has 1 unspecified atom stereocenters. The Labute approximate surface area is 114 Å². The van der Waals surface area contributed by atoms with Gasteiger partial charge in [-0.15, -0.1) is 0 Å². The molecule has 1 aromatic carbocycles. The van der Waals surface area contributed by atoms with Crippen LogP contribution in [0.25, 0.3) is 10.9 Å². The molecule has 3 heteroatoms. The van der Waals surface area contributed by atoms with Gasteiger partial charge in [-0.2, -0.15) is 0 Å². The van der Waals surface area contributed by atoms with Crippen molar-refractivity contribution in [3.8, 4) is 0 Å². The SMILES string of the molecule is CNC(C)Cc1cn(C(C)C)c2cc(Cl)ccc12. The van der Waals surface area contributed by atoms with E-state index >= 15 is 0 Å². The van der Waals surface area contributed by atoms with Gasteiger partial charge in [-0.3, -0.25) is 0 Å². The van der Waals surface area contributed by atoms with Gasteiger partial charge in [-0.25, -0.2) is 0 Å². The molecule has 1 heterocycles. The molecule has 0 radical (unpaired) electrons. The zero-order valence-corrected chi connectivity index (χ0v) is 12.3. The van der Waals surface area contributed by atoms with E-state index in [4.69, 9.17) is 11.6 Å². The van der Waals surface area contributed by atoms with Crippen molar-refractivity contribution in [2.24, 2.45) is 0 Å². The molecule has 98 valence electrons. The lowest BCUT2D eigenvalue weighted by Crippen LogP contribution is -2.23. The van der Waals surface area contributed by atoms with Crippen LogP contribution in [0.3, 0.4) is 0 Å². The van der Waals surface area contributed by atoms with Crippen LogP contribution in [0, 0.1) is 0 Å². The Balaban J connectivity index is 2.54. The molecule has 0 spiro atoms. The number of hydrogen-bond acceptors (Lipinski definition) is 1. The van der Waals surface area contributed by atoms with Gasteiger partial charge in [0.25, 0.3) is 0 Å². The lowest BCUT2D eigenvalue weighted by molar-refractivity contribution is 0.598. The molecular formula is C15H21ClN2. The third-order valence-electron chi connectivity index (χ3n) is 3.45. The Kier molecular flexibility index (Phi) is 3.98. The maximum absolute atomic E-state index is 6.11. The minimum Gasteiger partial charge on any atom is -0.345 e. The number of nitrogens with one attached hydrogen (secondary N) is 1. The Hall–Kier alpha value is -0.990. The molecular weight excluding hydrogens is 244 g/mol. The molecule has 2 rings (SSSR count). The number of benzene rings is 1. The number of hydrogen-bond donors (Lipinski definition) is 1. The molecule has 1 atom stereocenters. The third kappa shape index (κ3) is 2.55. The van der Waals surface area contributed by atoms with E-state index < -0.39 is 0 Å². The first kappa shape index (κ1) is 13.4. The second-order valence-corrected chi connectivity index (χ2v) is 5.65. The number of nitrogens with zero attached hydrogens (tertiary/aromatic N) is 1. The van der Waals surface area contributed by atoms with Crippen molar-refractivity contribution >= 4 is 22.5 Å². The molecule has 0 fully saturated rings. The summed E-state index contributed by atoms with van der Waals surface area (Å²) < 4.78 is 2.30. The summed E-state index contributed by atoms with van der Waals surface area (Å²) in [6.45, 7) is 6.60. The normalized spacial score (nSPS) is 13.4. The minimum atomic E-state index is 0.449. The predicted octanol–water partition coefficient (Wildman–Crippen LogP) is 4.03. The molecule has 0 amide bonds. The van der Waals surface area contributed by atoms with Crippen molar-refractivity contribution in [3.05, 3.63) is 35.0 Å². The van der Waals surface area contributed by atoms with E-state index in [9.17, 15) is 0 Å². The highest BCUT2D eigenvalue weighted by Gasteiger charge is 2.12. The van der Waals surface area contributed by atoms with Crippen LogP contribution in [0.15, 0.2) is 24.4 Å². The summed E-state index contributed by atoms with van der Waals surface area (Å²) >= 11 is 6.11. The van der Waals surface area contributed by atoms with Crippen LogP contribution in [0.5, 0.6) is 0 Å². The topological polar surface area (TPSA) is 17.0 Å². The van der Waals surface area contributed by atoms with Crippen LogP contribution >= 0.6 is 11.6 Å². The van der Waals surface area contributed by atoms with E-state index in [1.807, 2.05) is 13.1 Å². The molecule has 1 N–H and O–H groups in total. The lowest BCUT2D eigenvalue weighted by Gasteiger charge is -2.09. The Morgan fingerprint density at radius 1 is 1.28 bits per heavy atom. The van der Waals surface area contributed by atoms with Crippen LogP contribution < -0.4 is 5.32 Å². The fourth-order valence-corrected chi connectivity index (χ4v) is 2.49. The van der Waals surface area contributed by atoms with E-state index in [1.165, 1.54) is 16.5 Å². The Morgan fingerprint density at radius 2 is 2.00 bits per heavy atom. The van der Waals surface area contributed by atoms with Crippen LogP contribution in [-0.4, -0.2) is 17.7 Å². The molecule has 0 bridgehead atoms. The Bertz CT molecular complexity index is 543. The number of rotatable bonds is 4. The van der Waals surface area contributed by atoms with E-state index in [0.717, 1.165) is 11.4 Å². The third-order valence-corrected chi connectivity index (χ3v) is 3.69. The number of halogens is 1. The summed E-state index contributed by atoms with van der Waals surface area (Å²) in [5, 5.41) is 5.41. The maximum Gasteiger partial charge on any atom is 0.0500 e. The van der Waals surface area contributed by atoms with Gasteiger partial charge in [0.15, 0.2) is 0 Å². The summed E-state index contributed by atoms with van der Waals surface area (Å²) in [6.07, 6.45) is 3.30. The first-order valence-corrected chi connectivity index (χ1v) is 6.87. The van der Waals surface area contributed by atoms with Gasteiger partial charge in [0.05, 0.1) is 5.52 Å². The average molecular weight is 265 g/mol. The molecule has 0 saturated heterocycles. The highest BCUT2D eigenvalue weighted by molar-refractivity contribution is 6.31. The minimum absolute atomic E-state index is 0.449. The fraction of sp³-hybridized carbons (Fsp3) is 0.467. The average Bonchev–Trinajstić information content (AvgIpc) is 2.67. The van der Waals surface area contributed by atoms with Gasteiger partial charge < -0.3 is 9.88 Å². The van der Waals surface area contributed by atoms with Gasteiger partial charge in [-0.05, 0) is 51.9 Å².